The second kappa shape index (κ2) is 10.5. The average Bonchev–Trinajstić information content (AvgIpc) is 3.56. The summed E-state index contributed by atoms with van der Waals surface area (Å²) in [5.41, 5.74) is 11.2. The quantitative estimate of drug-likeness (QED) is 0.350. The van der Waals surface area contributed by atoms with E-state index >= 15 is 0 Å². The van der Waals surface area contributed by atoms with Crippen molar-refractivity contribution >= 4 is 33.9 Å². The van der Waals surface area contributed by atoms with Gasteiger partial charge in [-0.1, -0.05) is 13.8 Å². The monoisotopic (exact) mass is 625 g/mol. The Hall–Kier alpha value is -3.96. The number of hydrogen-bond donors (Lipinski definition) is 2. The summed E-state index contributed by atoms with van der Waals surface area (Å²) in [5, 5.41) is 4.08. The van der Waals surface area contributed by atoms with Gasteiger partial charge in [-0.05, 0) is 73.8 Å². The molecule has 4 aromatic rings. The second-order valence-corrected chi connectivity index (χ2v) is 14.4. The van der Waals surface area contributed by atoms with Gasteiger partial charge in [-0.25, -0.2) is 9.97 Å². The number of nitrogens with zero attached hydrogens (tertiary/aromatic N) is 5. The van der Waals surface area contributed by atoms with Crippen molar-refractivity contribution in [3.63, 3.8) is 0 Å². The molecule has 0 spiro atoms. The molecule has 46 heavy (non-hydrogen) atoms. The zero-order valence-electron chi connectivity index (χ0n) is 27.2. The number of imidazole rings is 1. The second-order valence-electron chi connectivity index (χ2n) is 14.4. The Kier molecular flexibility index (Phi) is 6.74. The lowest BCUT2D eigenvalue weighted by Gasteiger charge is -2.23. The fourth-order valence-corrected chi connectivity index (χ4v) is 8.58. The maximum atomic E-state index is 13.9. The van der Waals surface area contributed by atoms with Gasteiger partial charge in [-0.2, -0.15) is 0 Å². The summed E-state index contributed by atoms with van der Waals surface area (Å²) in [6, 6.07) is 10.1. The van der Waals surface area contributed by atoms with Gasteiger partial charge in [0.05, 0.1) is 43.3 Å². The predicted molar refractivity (Wildman–Crippen MR) is 174 cm³/mol. The third kappa shape index (κ3) is 4.45. The van der Waals surface area contributed by atoms with Crippen LogP contribution >= 0.6 is 0 Å². The van der Waals surface area contributed by atoms with E-state index in [2.05, 4.69) is 40.4 Å². The minimum absolute atomic E-state index is 0.00251. The Bertz CT molecular complexity index is 1890. The van der Waals surface area contributed by atoms with Crippen molar-refractivity contribution in [3.05, 3.63) is 41.6 Å². The van der Waals surface area contributed by atoms with E-state index in [-0.39, 0.29) is 41.4 Å². The number of carbonyl (C=O) groups excluding carboxylic acids is 2. The van der Waals surface area contributed by atoms with Gasteiger partial charge in [0.2, 0.25) is 5.91 Å². The number of nitrogens with one attached hydrogen (secondary N) is 1. The maximum absolute atomic E-state index is 13.9. The highest BCUT2D eigenvalue weighted by Crippen LogP contribution is 2.59. The zero-order chi connectivity index (χ0) is 32.1. The van der Waals surface area contributed by atoms with Gasteiger partial charge in [0.15, 0.2) is 5.82 Å². The molecule has 1 saturated carbocycles. The molecule has 3 N–H and O–H groups in total. The number of ether oxygens (including phenoxy) is 2. The number of amides is 2. The van der Waals surface area contributed by atoms with E-state index in [1.165, 1.54) is 0 Å². The van der Waals surface area contributed by atoms with Gasteiger partial charge in [0, 0.05) is 49.1 Å². The van der Waals surface area contributed by atoms with Crippen LogP contribution in [-0.2, 0) is 23.1 Å². The Morgan fingerprint density at radius 3 is 2.72 bits per heavy atom. The summed E-state index contributed by atoms with van der Waals surface area (Å²) in [4.78, 5) is 38.8. The Balaban J connectivity index is 1.25. The largest absolute Gasteiger partial charge is 0.494 e. The first-order valence-electron chi connectivity index (χ1n) is 16.6. The summed E-state index contributed by atoms with van der Waals surface area (Å²) in [5.74, 6) is 2.08. The Morgan fingerprint density at radius 2 is 1.98 bits per heavy atom. The van der Waals surface area contributed by atoms with Crippen molar-refractivity contribution in [1.82, 2.24) is 29.3 Å². The van der Waals surface area contributed by atoms with Crippen LogP contribution in [-0.4, -0.2) is 74.3 Å². The molecule has 0 unspecified atom stereocenters. The highest BCUT2D eigenvalue weighted by molar-refractivity contribution is 6.00. The molecule has 4 bridgehead atoms. The predicted octanol–water partition coefficient (Wildman–Crippen LogP) is 4.17. The van der Waals surface area contributed by atoms with E-state index in [4.69, 9.17) is 25.2 Å². The molecule has 3 aliphatic heterocycles. The topological polar surface area (TPSA) is 130 Å². The summed E-state index contributed by atoms with van der Waals surface area (Å²) >= 11 is 0. The molecule has 1 aliphatic carbocycles. The third-order valence-electron chi connectivity index (χ3n) is 11.5. The highest BCUT2D eigenvalue weighted by atomic mass is 16.5. The molecule has 1 aromatic carbocycles. The summed E-state index contributed by atoms with van der Waals surface area (Å²) in [7, 11) is 3.64. The highest BCUT2D eigenvalue weighted by Gasteiger charge is 2.57. The Labute approximate surface area is 268 Å². The lowest BCUT2D eigenvalue weighted by molar-refractivity contribution is -0.122. The number of aryl methyl sites for hydroxylation is 1. The first-order valence-corrected chi connectivity index (χ1v) is 16.6. The van der Waals surface area contributed by atoms with Crippen LogP contribution in [0.25, 0.3) is 33.6 Å². The normalized spacial score (nSPS) is 28.8. The summed E-state index contributed by atoms with van der Waals surface area (Å²) < 4.78 is 16.2. The molecule has 11 nitrogen and oxygen atoms in total. The van der Waals surface area contributed by atoms with Crippen molar-refractivity contribution in [2.45, 2.75) is 77.2 Å². The van der Waals surface area contributed by atoms with Gasteiger partial charge in [-0.15, -0.1) is 0 Å². The SMILES string of the molecule is COc1cc(C(=O)N2[C@H]3CC[C@@H]2[C@H](N)C3)cc2nc(-c3cc4ccc5nc4n3C[C@H]3[C@@H](COCCC(=O)N[C@@H]5C)C3(C)C)n(C)c12. The van der Waals surface area contributed by atoms with Crippen LogP contribution in [0.5, 0.6) is 5.75 Å². The molecule has 6 atom stereocenters. The van der Waals surface area contributed by atoms with Crippen LogP contribution in [0.1, 0.15) is 68.5 Å². The van der Waals surface area contributed by atoms with Crippen molar-refractivity contribution in [2.75, 3.05) is 20.3 Å². The summed E-state index contributed by atoms with van der Waals surface area (Å²) in [6.45, 7) is 8.34. The number of fused-ring (bicyclic) bond motifs is 5. The molecule has 6 heterocycles. The maximum Gasteiger partial charge on any atom is 0.254 e. The number of aromatic nitrogens is 4. The first-order chi connectivity index (χ1) is 22.1. The van der Waals surface area contributed by atoms with Gasteiger partial charge in [0.25, 0.3) is 5.91 Å². The standard InChI is InChI=1S/C35H43N7O4/c1-18-25-8-6-19-13-28(41(32(19)38-25)16-22-23(35(22,2)3)17-46-11-10-30(43)37-18)33-39-26-12-20(14-29(45-5)31(26)40(33)4)34(44)42-21-7-9-27(42)24(36)15-21/h6,8,12-14,18,21-24,27H,7,9-11,15-17,36H2,1-5H3,(H,37,43)/t18-,21+,22+,23-,24-,27-/m1/s1. The van der Waals surface area contributed by atoms with E-state index in [0.29, 0.717) is 48.3 Å². The van der Waals surface area contributed by atoms with Crippen molar-refractivity contribution in [2.24, 2.45) is 30.0 Å². The van der Waals surface area contributed by atoms with E-state index in [0.717, 1.165) is 59.6 Å². The molecule has 3 fully saturated rings. The lowest BCUT2D eigenvalue weighted by Crippen LogP contribution is -2.40. The van der Waals surface area contributed by atoms with Gasteiger partial charge >= 0.3 is 0 Å². The smallest absolute Gasteiger partial charge is 0.254 e. The van der Waals surface area contributed by atoms with Crippen LogP contribution in [0.3, 0.4) is 0 Å². The minimum atomic E-state index is -0.242. The van der Waals surface area contributed by atoms with Crippen LogP contribution in [0, 0.1) is 17.3 Å². The molecule has 0 radical (unpaired) electrons. The molecule has 11 heteroatoms. The van der Waals surface area contributed by atoms with Crippen LogP contribution in [0.15, 0.2) is 30.3 Å². The summed E-state index contributed by atoms with van der Waals surface area (Å²) in [6.07, 6.45) is 3.16. The number of rotatable bonds is 3. The van der Waals surface area contributed by atoms with Crippen LogP contribution in [0.2, 0.25) is 0 Å². The van der Waals surface area contributed by atoms with Crippen molar-refractivity contribution in [1.29, 1.82) is 0 Å². The molecule has 2 saturated heterocycles. The van der Waals surface area contributed by atoms with E-state index < -0.39 is 0 Å². The van der Waals surface area contributed by atoms with Crippen LogP contribution in [0.4, 0.5) is 0 Å². The van der Waals surface area contributed by atoms with Gasteiger partial charge in [0.1, 0.15) is 16.9 Å². The molecule has 4 aliphatic rings. The molecule has 3 aromatic heterocycles. The molecular weight excluding hydrogens is 582 g/mol. The van der Waals surface area contributed by atoms with Crippen LogP contribution < -0.4 is 15.8 Å². The lowest BCUT2D eigenvalue weighted by atomic mass is 9.97. The van der Waals surface area contributed by atoms with Gasteiger partial charge < -0.3 is 34.6 Å². The van der Waals surface area contributed by atoms with Crippen molar-refractivity contribution in [3.8, 4) is 17.3 Å². The average molecular weight is 626 g/mol. The first kappa shape index (κ1) is 29.4. The van der Waals surface area contributed by atoms with Crippen molar-refractivity contribution < 1.29 is 19.1 Å². The number of nitrogens with two attached hydrogens (primary N) is 1. The fraction of sp³-hybridized carbons (Fsp3) is 0.543. The fourth-order valence-electron chi connectivity index (χ4n) is 8.58. The molecular formula is C35H43N7O4. The number of benzene rings is 1. The number of pyridine rings is 1. The van der Waals surface area contributed by atoms with E-state index in [1.807, 2.05) is 37.1 Å². The Morgan fingerprint density at radius 1 is 1.15 bits per heavy atom. The number of carbonyl (C=O) groups is 2. The van der Waals surface area contributed by atoms with Gasteiger partial charge in [-0.3, -0.25) is 9.59 Å². The number of hydrogen-bond acceptors (Lipinski definition) is 7. The molecule has 242 valence electrons. The third-order valence-corrected chi connectivity index (χ3v) is 11.5. The molecule has 2 amide bonds. The van der Waals surface area contributed by atoms with E-state index in [9.17, 15) is 9.59 Å². The van der Waals surface area contributed by atoms with E-state index in [1.54, 1.807) is 7.11 Å². The zero-order valence-corrected chi connectivity index (χ0v) is 27.2. The molecule has 8 rings (SSSR count). The minimum Gasteiger partial charge on any atom is -0.494 e. The number of methoxy groups -OCH3 is 1.